The quantitative estimate of drug-likeness (QED) is 0.514. The molecule has 0 amide bonds. The Kier molecular flexibility index (Phi) is 5.84. The van der Waals surface area contributed by atoms with Crippen molar-refractivity contribution in [3.05, 3.63) is 0 Å². The maximum Gasteiger partial charge on any atom is 0.310 e. The maximum atomic E-state index is 13.8. The maximum absolute atomic E-state index is 13.8. The molecule has 3 heterocycles. The van der Waals surface area contributed by atoms with Gasteiger partial charge in [0.15, 0.2) is 0 Å². The van der Waals surface area contributed by atoms with E-state index in [1.807, 2.05) is 0 Å². The topological polar surface area (TPSA) is 71.1 Å². The van der Waals surface area contributed by atoms with E-state index in [0.717, 1.165) is 51.6 Å². The first-order valence-electron chi connectivity index (χ1n) is 14.3. The van der Waals surface area contributed by atoms with Crippen molar-refractivity contribution in [3.63, 3.8) is 0 Å². The van der Waals surface area contributed by atoms with Crippen molar-refractivity contribution in [1.82, 2.24) is 0 Å². The Balaban J connectivity index is 1.21. The van der Waals surface area contributed by atoms with Crippen LogP contribution in [-0.4, -0.2) is 48.6 Å². The van der Waals surface area contributed by atoms with Crippen LogP contribution in [0.15, 0.2) is 0 Å². The molecular weight excluding hydrogens is 444 g/mol. The molecule has 0 bridgehead atoms. The second kappa shape index (κ2) is 8.44. The van der Waals surface area contributed by atoms with Gasteiger partial charge in [-0.1, -0.05) is 20.8 Å². The number of carbonyl (C=O) groups is 2. The Bertz CT molecular complexity index is 865. The van der Waals surface area contributed by atoms with Gasteiger partial charge in [0.2, 0.25) is 0 Å². The van der Waals surface area contributed by atoms with E-state index >= 15 is 0 Å². The highest BCUT2D eigenvalue weighted by molar-refractivity contribution is 5.76. The van der Waals surface area contributed by atoms with E-state index in [4.69, 9.17) is 18.9 Å². The number of hydrogen-bond acceptors (Lipinski definition) is 6. The van der Waals surface area contributed by atoms with Crippen molar-refractivity contribution in [3.8, 4) is 0 Å². The van der Waals surface area contributed by atoms with Gasteiger partial charge in [-0.2, -0.15) is 0 Å². The lowest BCUT2D eigenvalue weighted by Gasteiger charge is -2.59. The van der Waals surface area contributed by atoms with Crippen LogP contribution in [-0.2, 0) is 28.5 Å². The summed E-state index contributed by atoms with van der Waals surface area (Å²) in [6.45, 7) is 11.4. The van der Waals surface area contributed by atoms with Gasteiger partial charge < -0.3 is 18.9 Å². The zero-order chi connectivity index (χ0) is 24.7. The third-order valence-electron chi connectivity index (χ3n) is 11.5. The van der Waals surface area contributed by atoms with Gasteiger partial charge in [0.05, 0.1) is 24.2 Å². The van der Waals surface area contributed by atoms with Crippen molar-refractivity contribution in [2.24, 2.45) is 46.8 Å². The highest BCUT2D eigenvalue weighted by Gasteiger charge is 2.70. The monoisotopic (exact) mass is 488 g/mol. The molecule has 6 aliphatic rings. The van der Waals surface area contributed by atoms with Crippen molar-refractivity contribution in [2.75, 3.05) is 6.61 Å². The molecule has 0 aromatic heterocycles. The second-order valence-electron chi connectivity index (χ2n) is 13.5. The molecule has 6 fully saturated rings. The Hall–Kier alpha value is -1.14. The summed E-state index contributed by atoms with van der Waals surface area (Å²) in [6, 6.07) is 0. The van der Waals surface area contributed by atoms with E-state index < -0.39 is 5.60 Å². The molecule has 0 unspecified atom stereocenters. The summed E-state index contributed by atoms with van der Waals surface area (Å²) in [5.74, 6) is 2.10. The van der Waals surface area contributed by atoms with Crippen LogP contribution in [0.1, 0.15) is 86.0 Å². The Morgan fingerprint density at radius 3 is 2.54 bits per heavy atom. The average Bonchev–Trinajstić information content (AvgIpc) is 3.27. The Labute approximate surface area is 210 Å². The third-order valence-corrected chi connectivity index (χ3v) is 11.5. The van der Waals surface area contributed by atoms with E-state index in [0.29, 0.717) is 29.6 Å². The summed E-state index contributed by atoms with van der Waals surface area (Å²) in [4.78, 5) is 25.4. The minimum absolute atomic E-state index is 0.00554. The molecule has 3 saturated heterocycles. The highest BCUT2D eigenvalue weighted by Crippen LogP contribution is 2.66. The van der Waals surface area contributed by atoms with E-state index in [1.54, 1.807) is 0 Å². The molecule has 0 aromatic carbocycles. The van der Waals surface area contributed by atoms with Crippen molar-refractivity contribution < 1.29 is 28.5 Å². The predicted molar refractivity (Wildman–Crippen MR) is 129 cm³/mol. The molecule has 0 aromatic rings. The fraction of sp³-hybridized carbons (Fsp3) is 0.931. The zero-order valence-electron chi connectivity index (χ0n) is 22.2. The molecule has 6 rings (SSSR count). The van der Waals surface area contributed by atoms with Gasteiger partial charge in [0.25, 0.3) is 0 Å². The summed E-state index contributed by atoms with van der Waals surface area (Å²) in [5.41, 5.74) is -0.519. The van der Waals surface area contributed by atoms with Gasteiger partial charge in [0, 0.05) is 25.4 Å². The fourth-order valence-electron chi connectivity index (χ4n) is 9.90. The lowest BCUT2D eigenvalue weighted by Crippen LogP contribution is -2.61. The molecule has 6 heteroatoms. The highest BCUT2D eigenvalue weighted by atomic mass is 16.6. The van der Waals surface area contributed by atoms with E-state index in [9.17, 15) is 9.59 Å². The smallest absolute Gasteiger partial charge is 0.310 e. The number of ether oxygens (including phenoxy) is 4. The molecule has 3 aliphatic heterocycles. The summed E-state index contributed by atoms with van der Waals surface area (Å²) in [7, 11) is 0. The summed E-state index contributed by atoms with van der Waals surface area (Å²) < 4.78 is 25.1. The first-order valence-corrected chi connectivity index (χ1v) is 14.3. The van der Waals surface area contributed by atoms with Gasteiger partial charge in [-0.3, -0.25) is 9.59 Å². The number of rotatable bonds is 2. The zero-order valence-corrected chi connectivity index (χ0v) is 22.2. The summed E-state index contributed by atoms with van der Waals surface area (Å²) in [5, 5.41) is 0. The number of hydrogen-bond donors (Lipinski definition) is 0. The summed E-state index contributed by atoms with van der Waals surface area (Å²) >= 11 is 0. The third kappa shape index (κ3) is 3.63. The molecule has 0 radical (unpaired) electrons. The van der Waals surface area contributed by atoms with Crippen LogP contribution in [0.2, 0.25) is 0 Å². The van der Waals surface area contributed by atoms with Gasteiger partial charge in [0.1, 0.15) is 11.7 Å². The SMILES string of the molecule is CC(=O)O[C@H]1CC[C@@]2(C)[C@@H](CC[C@H]3[C@H]2C(=O)O[C@]2(C)[C@@H]4[C@@H](C)[C@@H]([C@@H]5CC[C@H](C)CO5)O[C@H]4C[C@@H]32)C1. The van der Waals surface area contributed by atoms with E-state index in [1.165, 1.54) is 13.3 Å². The Morgan fingerprint density at radius 2 is 1.83 bits per heavy atom. The molecule has 3 aliphatic carbocycles. The second-order valence-corrected chi connectivity index (χ2v) is 13.5. The van der Waals surface area contributed by atoms with Crippen molar-refractivity contribution in [2.45, 2.75) is 116 Å². The molecule has 196 valence electrons. The average molecular weight is 489 g/mol. The standard InChI is InChI=1S/C29H44O6/c1-15-6-9-22(32-14-15)26-16(2)24-23(34-26)13-21-20-8-7-18-12-19(33-17(3)30)10-11-28(18,4)25(20)27(31)35-29(21,24)5/h15-16,18-26H,6-14H2,1-5H3/t15-,16+,18-,19-,20+,21-,22-,23-,24+,25-,26-,28-,29-/m0/s1. The van der Waals surface area contributed by atoms with Crippen LogP contribution in [0.3, 0.4) is 0 Å². The van der Waals surface area contributed by atoms with Crippen LogP contribution in [0.5, 0.6) is 0 Å². The van der Waals surface area contributed by atoms with Gasteiger partial charge >= 0.3 is 11.9 Å². The molecular formula is C29H44O6. The van der Waals surface area contributed by atoms with Crippen molar-refractivity contribution >= 4 is 11.9 Å². The van der Waals surface area contributed by atoms with E-state index in [2.05, 4.69) is 27.7 Å². The van der Waals surface area contributed by atoms with E-state index in [-0.39, 0.29) is 53.6 Å². The molecule has 3 saturated carbocycles. The normalized spacial score (nSPS) is 55.2. The molecule has 0 N–H and O–H groups in total. The summed E-state index contributed by atoms with van der Waals surface area (Å²) in [6.07, 6.45) is 8.51. The van der Waals surface area contributed by atoms with Crippen LogP contribution in [0.25, 0.3) is 0 Å². The first-order chi connectivity index (χ1) is 16.6. The number of carbonyl (C=O) groups excluding carboxylic acids is 2. The lowest BCUT2D eigenvalue weighted by molar-refractivity contribution is -0.221. The number of fused-ring (bicyclic) bond motifs is 7. The predicted octanol–water partition coefficient (Wildman–Crippen LogP) is 4.92. The van der Waals surface area contributed by atoms with Gasteiger partial charge in [-0.05, 0) is 87.4 Å². The minimum atomic E-state index is -0.447. The molecule has 13 atom stereocenters. The fourth-order valence-corrected chi connectivity index (χ4v) is 9.90. The molecule has 35 heavy (non-hydrogen) atoms. The largest absolute Gasteiger partial charge is 0.463 e. The van der Waals surface area contributed by atoms with Gasteiger partial charge in [-0.25, -0.2) is 0 Å². The molecule has 6 nitrogen and oxygen atoms in total. The lowest BCUT2D eigenvalue weighted by atomic mass is 9.48. The van der Waals surface area contributed by atoms with Crippen LogP contribution in [0.4, 0.5) is 0 Å². The molecule has 0 spiro atoms. The Morgan fingerprint density at radius 1 is 1.03 bits per heavy atom. The van der Waals surface area contributed by atoms with Crippen LogP contribution < -0.4 is 0 Å². The van der Waals surface area contributed by atoms with Gasteiger partial charge in [-0.15, -0.1) is 0 Å². The number of esters is 2. The minimum Gasteiger partial charge on any atom is -0.463 e. The van der Waals surface area contributed by atoms with Crippen molar-refractivity contribution in [1.29, 1.82) is 0 Å². The van der Waals surface area contributed by atoms with Crippen LogP contribution >= 0.6 is 0 Å². The first kappa shape index (κ1) is 24.2. The van der Waals surface area contributed by atoms with Crippen LogP contribution in [0, 0.1) is 46.8 Å².